The van der Waals surface area contributed by atoms with Gasteiger partial charge < -0.3 is 10.4 Å². The molecule has 0 spiro atoms. The van der Waals surface area contributed by atoms with Crippen molar-refractivity contribution in [3.05, 3.63) is 22.4 Å². The fourth-order valence-electron chi connectivity index (χ4n) is 2.44. The molecule has 1 aliphatic carbocycles. The lowest BCUT2D eigenvalue weighted by atomic mass is 10.1. The molecule has 1 aromatic rings. The molecule has 0 amide bonds. The van der Waals surface area contributed by atoms with Gasteiger partial charge in [-0.3, -0.25) is 0 Å². The van der Waals surface area contributed by atoms with Crippen LogP contribution in [0, 0.1) is 0 Å². The molecule has 1 fully saturated rings. The monoisotopic (exact) mass is 239 g/mol. The molecule has 3 heteroatoms. The minimum atomic E-state index is 0.142. The number of nitrogens with one attached hydrogen (secondary N) is 1. The van der Waals surface area contributed by atoms with Gasteiger partial charge in [-0.05, 0) is 24.3 Å². The van der Waals surface area contributed by atoms with Gasteiger partial charge in [-0.1, -0.05) is 31.7 Å². The fourth-order valence-corrected chi connectivity index (χ4v) is 3.22. The first-order chi connectivity index (χ1) is 7.90. The minimum Gasteiger partial charge on any atom is -0.394 e. The zero-order valence-corrected chi connectivity index (χ0v) is 10.5. The van der Waals surface area contributed by atoms with Crippen LogP contribution in [0.3, 0.4) is 0 Å². The number of hydrogen-bond donors (Lipinski definition) is 2. The maximum absolute atomic E-state index is 9.44. The average Bonchev–Trinajstić information content (AvgIpc) is 2.71. The summed E-state index contributed by atoms with van der Waals surface area (Å²) in [5, 5.41) is 15.1. The molecule has 0 aliphatic heterocycles. The summed E-state index contributed by atoms with van der Waals surface area (Å²) in [6, 6.07) is 4.90. The first-order valence-electron chi connectivity index (χ1n) is 6.30. The van der Waals surface area contributed by atoms with Crippen LogP contribution in [0.25, 0.3) is 0 Å². The highest BCUT2D eigenvalue weighted by molar-refractivity contribution is 7.10. The standard InChI is InChI=1S/C13H21NOS/c15-10-12(13-8-5-9-16-13)14-11-6-3-1-2-4-7-11/h5,8-9,11-12,14-15H,1-4,6-7,10H2. The Balaban J connectivity index is 1.90. The summed E-state index contributed by atoms with van der Waals surface area (Å²) in [7, 11) is 0. The molecule has 0 bridgehead atoms. The second kappa shape index (κ2) is 6.38. The Bertz CT molecular complexity index is 278. The predicted octanol–water partition coefficient (Wildman–Crippen LogP) is 3.09. The van der Waals surface area contributed by atoms with Crippen molar-refractivity contribution in [2.24, 2.45) is 0 Å². The van der Waals surface area contributed by atoms with Crippen molar-refractivity contribution in [2.75, 3.05) is 6.61 Å². The van der Waals surface area contributed by atoms with Gasteiger partial charge >= 0.3 is 0 Å². The molecule has 2 rings (SSSR count). The van der Waals surface area contributed by atoms with E-state index < -0.39 is 0 Å². The summed E-state index contributed by atoms with van der Waals surface area (Å²) in [6.45, 7) is 0.205. The van der Waals surface area contributed by atoms with Gasteiger partial charge in [0.15, 0.2) is 0 Å². The maximum Gasteiger partial charge on any atom is 0.0651 e. The van der Waals surface area contributed by atoms with E-state index in [1.54, 1.807) is 11.3 Å². The van der Waals surface area contributed by atoms with Gasteiger partial charge in [0, 0.05) is 10.9 Å². The SMILES string of the molecule is OCC(NC1CCCCCC1)c1cccs1. The molecule has 1 unspecified atom stereocenters. The van der Waals surface area contributed by atoms with Crippen LogP contribution in [0.2, 0.25) is 0 Å². The number of thiophene rings is 1. The third-order valence-electron chi connectivity index (χ3n) is 3.36. The van der Waals surface area contributed by atoms with E-state index in [1.807, 2.05) is 0 Å². The average molecular weight is 239 g/mol. The van der Waals surface area contributed by atoms with Crippen LogP contribution < -0.4 is 5.32 Å². The van der Waals surface area contributed by atoms with Crippen LogP contribution in [0.4, 0.5) is 0 Å². The molecular formula is C13H21NOS. The number of aliphatic hydroxyl groups is 1. The second-order valence-corrected chi connectivity index (χ2v) is 5.59. The molecule has 0 saturated heterocycles. The Kier molecular flexibility index (Phi) is 4.82. The first kappa shape index (κ1) is 12.1. The molecule has 1 aliphatic rings. The molecule has 2 nitrogen and oxygen atoms in total. The third-order valence-corrected chi connectivity index (χ3v) is 4.35. The summed E-state index contributed by atoms with van der Waals surface area (Å²) in [4.78, 5) is 1.26. The van der Waals surface area contributed by atoms with Crippen LogP contribution in [-0.2, 0) is 0 Å². The van der Waals surface area contributed by atoms with Crippen LogP contribution in [0.15, 0.2) is 17.5 Å². The topological polar surface area (TPSA) is 32.3 Å². The van der Waals surface area contributed by atoms with E-state index in [9.17, 15) is 5.11 Å². The quantitative estimate of drug-likeness (QED) is 0.791. The highest BCUT2D eigenvalue weighted by Crippen LogP contribution is 2.23. The minimum absolute atomic E-state index is 0.142. The van der Waals surface area contributed by atoms with E-state index in [2.05, 4.69) is 22.8 Å². The van der Waals surface area contributed by atoms with E-state index >= 15 is 0 Å². The van der Waals surface area contributed by atoms with Gasteiger partial charge in [0.25, 0.3) is 0 Å². The van der Waals surface area contributed by atoms with E-state index in [-0.39, 0.29) is 12.6 Å². The summed E-state index contributed by atoms with van der Waals surface area (Å²) < 4.78 is 0. The lowest BCUT2D eigenvalue weighted by Crippen LogP contribution is -2.33. The molecule has 16 heavy (non-hydrogen) atoms. The van der Waals surface area contributed by atoms with E-state index in [4.69, 9.17) is 0 Å². The molecule has 0 radical (unpaired) electrons. The normalized spacial score (nSPS) is 20.6. The zero-order valence-electron chi connectivity index (χ0n) is 9.69. The van der Waals surface area contributed by atoms with Gasteiger partial charge in [0.2, 0.25) is 0 Å². The summed E-state index contributed by atoms with van der Waals surface area (Å²) >= 11 is 1.73. The van der Waals surface area contributed by atoms with Crippen LogP contribution in [0.1, 0.15) is 49.4 Å². The van der Waals surface area contributed by atoms with Crippen molar-refractivity contribution in [3.8, 4) is 0 Å². The van der Waals surface area contributed by atoms with Crippen molar-refractivity contribution in [1.82, 2.24) is 5.32 Å². The largest absolute Gasteiger partial charge is 0.394 e. The summed E-state index contributed by atoms with van der Waals surface area (Å²) in [5.41, 5.74) is 0. The van der Waals surface area contributed by atoms with Crippen molar-refractivity contribution >= 4 is 11.3 Å². The van der Waals surface area contributed by atoms with Crippen LogP contribution in [0.5, 0.6) is 0 Å². The van der Waals surface area contributed by atoms with Gasteiger partial charge in [0.05, 0.1) is 12.6 Å². The Morgan fingerprint density at radius 3 is 2.62 bits per heavy atom. The predicted molar refractivity (Wildman–Crippen MR) is 68.8 cm³/mol. The molecule has 1 atom stereocenters. The first-order valence-corrected chi connectivity index (χ1v) is 7.18. The third kappa shape index (κ3) is 3.30. The Hall–Kier alpha value is -0.380. The van der Waals surface area contributed by atoms with Gasteiger partial charge in [-0.2, -0.15) is 0 Å². The molecule has 90 valence electrons. The Morgan fingerprint density at radius 2 is 2.06 bits per heavy atom. The lowest BCUT2D eigenvalue weighted by Gasteiger charge is -2.22. The van der Waals surface area contributed by atoms with E-state index in [0.29, 0.717) is 6.04 Å². The summed E-state index contributed by atoms with van der Waals surface area (Å²) in [5.74, 6) is 0. The molecule has 2 N–H and O–H groups in total. The van der Waals surface area contributed by atoms with E-state index in [0.717, 1.165) is 0 Å². The molecule has 0 aromatic carbocycles. The van der Waals surface area contributed by atoms with Crippen molar-refractivity contribution in [1.29, 1.82) is 0 Å². The van der Waals surface area contributed by atoms with E-state index in [1.165, 1.54) is 43.4 Å². The van der Waals surface area contributed by atoms with Gasteiger partial charge in [-0.15, -0.1) is 11.3 Å². The lowest BCUT2D eigenvalue weighted by molar-refractivity contribution is 0.230. The van der Waals surface area contributed by atoms with Gasteiger partial charge in [-0.25, -0.2) is 0 Å². The Labute approximate surface area is 102 Å². The number of aliphatic hydroxyl groups excluding tert-OH is 1. The molecule has 1 saturated carbocycles. The summed E-state index contributed by atoms with van der Waals surface area (Å²) in [6.07, 6.45) is 7.95. The highest BCUT2D eigenvalue weighted by atomic mass is 32.1. The van der Waals surface area contributed by atoms with Crippen LogP contribution in [-0.4, -0.2) is 17.8 Å². The Morgan fingerprint density at radius 1 is 1.31 bits per heavy atom. The highest BCUT2D eigenvalue weighted by Gasteiger charge is 2.18. The maximum atomic E-state index is 9.44. The number of hydrogen-bond acceptors (Lipinski definition) is 3. The molecular weight excluding hydrogens is 218 g/mol. The second-order valence-electron chi connectivity index (χ2n) is 4.61. The van der Waals surface area contributed by atoms with Crippen molar-refractivity contribution < 1.29 is 5.11 Å². The van der Waals surface area contributed by atoms with Crippen molar-refractivity contribution in [3.63, 3.8) is 0 Å². The number of rotatable bonds is 4. The fraction of sp³-hybridized carbons (Fsp3) is 0.692. The zero-order chi connectivity index (χ0) is 11.2. The molecule has 1 aromatic heterocycles. The smallest absolute Gasteiger partial charge is 0.0651 e. The van der Waals surface area contributed by atoms with Crippen LogP contribution >= 0.6 is 11.3 Å². The van der Waals surface area contributed by atoms with Crippen molar-refractivity contribution in [2.45, 2.75) is 50.6 Å². The molecule has 1 heterocycles. The van der Waals surface area contributed by atoms with Gasteiger partial charge in [0.1, 0.15) is 0 Å².